The fraction of sp³-hybridized carbons (Fsp3) is 0.538. The van der Waals surface area contributed by atoms with Gasteiger partial charge in [0.25, 0.3) is 0 Å². The molecule has 0 spiro atoms. The lowest BCUT2D eigenvalue weighted by Gasteiger charge is -1.89. The Morgan fingerprint density at radius 1 is 0.923 bits per heavy atom. The van der Waals surface area contributed by atoms with E-state index in [0.29, 0.717) is 0 Å². The van der Waals surface area contributed by atoms with Crippen LogP contribution in [0.2, 0.25) is 0 Å². The van der Waals surface area contributed by atoms with Crippen LogP contribution in [0.15, 0.2) is 37.0 Å². The molecule has 0 bridgehead atoms. The van der Waals surface area contributed by atoms with Gasteiger partial charge in [-0.3, -0.25) is 0 Å². The van der Waals surface area contributed by atoms with Crippen LogP contribution >= 0.6 is 0 Å². The summed E-state index contributed by atoms with van der Waals surface area (Å²) >= 11 is 0. The molecule has 13 heavy (non-hydrogen) atoms. The maximum Gasteiger partial charge on any atom is -0.0172 e. The number of rotatable bonds is 8. The van der Waals surface area contributed by atoms with Crippen LogP contribution in [0.1, 0.15) is 45.4 Å². The van der Waals surface area contributed by atoms with Crippen LogP contribution in [-0.4, -0.2) is 0 Å². The average molecular weight is 178 g/mol. The van der Waals surface area contributed by atoms with Crippen LogP contribution in [0.5, 0.6) is 0 Å². The highest BCUT2D eigenvalue weighted by Gasteiger charge is 1.78. The smallest absolute Gasteiger partial charge is 0.0172 e. The Morgan fingerprint density at radius 3 is 2.15 bits per heavy atom. The van der Waals surface area contributed by atoms with E-state index in [1.165, 1.54) is 25.7 Å². The Balaban J connectivity index is 3.14. The van der Waals surface area contributed by atoms with Crippen LogP contribution in [0.3, 0.4) is 0 Å². The van der Waals surface area contributed by atoms with Gasteiger partial charge in [-0.05, 0) is 25.7 Å². The van der Waals surface area contributed by atoms with Gasteiger partial charge in [0.05, 0.1) is 0 Å². The molecule has 0 aromatic carbocycles. The van der Waals surface area contributed by atoms with Crippen molar-refractivity contribution in [3.63, 3.8) is 0 Å². The van der Waals surface area contributed by atoms with Crippen LogP contribution in [0, 0.1) is 0 Å². The molecule has 0 N–H and O–H groups in total. The minimum atomic E-state index is 1.000. The molecule has 0 aromatic heterocycles. The molecular formula is C13H22. The second kappa shape index (κ2) is 11.2. The molecule has 0 saturated heterocycles. The van der Waals surface area contributed by atoms with Gasteiger partial charge in [0.15, 0.2) is 0 Å². The summed E-state index contributed by atoms with van der Waals surface area (Å²) in [6.45, 7) is 5.89. The minimum Gasteiger partial charge on any atom is -0.103 e. The first-order valence-electron chi connectivity index (χ1n) is 5.32. The quantitative estimate of drug-likeness (QED) is 0.375. The van der Waals surface area contributed by atoms with Crippen molar-refractivity contribution < 1.29 is 0 Å². The van der Waals surface area contributed by atoms with Gasteiger partial charge < -0.3 is 0 Å². The summed E-state index contributed by atoms with van der Waals surface area (Å²) in [6.07, 6.45) is 18.1. The predicted octanol–water partition coefficient (Wildman–Crippen LogP) is 4.65. The molecule has 74 valence electrons. The molecule has 0 atom stereocenters. The molecule has 0 aromatic rings. The fourth-order valence-electron chi connectivity index (χ4n) is 1.06. The maximum atomic E-state index is 3.66. The van der Waals surface area contributed by atoms with Gasteiger partial charge in [-0.25, -0.2) is 0 Å². The van der Waals surface area contributed by atoms with Gasteiger partial charge in [-0.2, -0.15) is 0 Å². The minimum absolute atomic E-state index is 1.000. The van der Waals surface area contributed by atoms with Crippen molar-refractivity contribution in [2.24, 2.45) is 0 Å². The fourth-order valence-corrected chi connectivity index (χ4v) is 1.06. The van der Waals surface area contributed by atoms with Crippen LogP contribution < -0.4 is 0 Å². The van der Waals surface area contributed by atoms with E-state index in [-0.39, 0.29) is 0 Å². The van der Waals surface area contributed by atoms with E-state index >= 15 is 0 Å². The molecule has 0 heterocycles. The third kappa shape index (κ3) is 11.2. The van der Waals surface area contributed by atoms with Gasteiger partial charge in [0.1, 0.15) is 0 Å². The van der Waals surface area contributed by atoms with E-state index < -0.39 is 0 Å². The molecular weight excluding hydrogens is 156 g/mol. The van der Waals surface area contributed by atoms with E-state index in [2.05, 4.69) is 37.8 Å². The molecule has 0 radical (unpaired) electrons. The SMILES string of the molecule is C=CCC=CCCC=CCCCC. The summed E-state index contributed by atoms with van der Waals surface area (Å²) in [5.41, 5.74) is 0. The van der Waals surface area contributed by atoms with Gasteiger partial charge in [-0.15, -0.1) is 6.58 Å². The highest BCUT2D eigenvalue weighted by atomic mass is 13.8. The van der Waals surface area contributed by atoms with E-state index in [4.69, 9.17) is 0 Å². The Kier molecular flexibility index (Phi) is 10.5. The Hall–Kier alpha value is -0.780. The first kappa shape index (κ1) is 12.2. The lowest BCUT2D eigenvalue weighted by atomic mass is 10.2. The molecule has 0 aliphatic heterocycles. The molecule has 0 heteroatoms. The van der Waals surface area contributed by atoms with Crippen molar-refractivity contribution in [2.75, 3.05) is 0 Å². The van der Waals surface area contributed by atoms with E-state index in [0.717, 1.165) is 12.8 Å². The zero-order chi connectivity index (χ0) is 9.78. The predicted molar refractivity (Wildman–Crippen MR) is 61.9 cm³/mol. The normalized spacial score (nSPS) is 11.5. The maximum absolute atomic E-state index is 3.66. The third-order valence-electron chi connectivity index (χ3n) is 1.86. The molecule has 0 aliphatic rings. The third-order valence-corrected chi connectivity index (χ3v) is 1.86. The Labute approximate surface area is 83.0 Å². The van der Waals surface area contributed by atoms with E-state index in [1.807, 2.05) is 6.08 Å². The standard InChI is InChI=1S/C13H22/c1-3-5-7-9-11-13-12-10-8-6-4-2/h3,7,9-10,12H,1,4-6,8,11,13H2,2H3. The van der Waals surface area contributed by atoms with Crippen molar-refractivity contribution in [3.05, 3.63) is 37.0 Å². The summed E-state index contributed by atoms with van der Waals surface area (Å²) in [5.74, 6) is 0. The monoisotopic (exact) mass is 178 g/mol. The van der Waals surface area contributed by atoms with Crippen molar-refractivity contribution >= 4 is 0 Å². The second-order valence-corrected chi connectivity index (χ2v) is 3.19. The lowest BCUT2D eigenvalue weighted by Crippen LogP contribution is -1.68. The summed E-state index contributed by atoms with van der Waals surface area (Å²) < 4.78 is 0. The molecule has 0 fully saturated rings. The van der Waals surface area contributed by atoms with Gasteiger partial charge >= 0.3 is 0 Å². The van der Waals surface area contributed by atoms with E-state index in [1.54, 1.807) is 0 Å². The van der Waals surface area contributed by atoms with Crippen LogP contribution in [0.25, 0.3) is 0 Å². The van der Waals surface area contributed by atoms with Crippen molar-refractivity contribution in [2.45, 2.75) is 45.4 Å². The largest absolute Gasteiger partial charge is 0.103 e. The first-order valence-corrected chi connectivity index (χ1v) is 5.32. The highest BCUT2D eigenvalue weighted by Crippen LogP contribution is 1.99. The average Bonchev–Trinajstić information content (AvgIpc) is 2.16. The van der Waals surface area contributed by atoms with Gasteiger partial charge in [0, 0.05) is 0 Å². The number of unbranched alkanes of at least 4 members (excludes halogenated alkanes) is 3. The van der Waals surface area contributed by atoms with Gasteiger partial charge in [0.2, 0.25) is 0 Å². The number of allylic oxidation sites excluding steroid dienone is 5. The Morgan fingerprint density at radius 2 is 1.54 bits per heavy atom. The number of hydrogen-bond acceptors (Lipinski definition) is 0. The molecule has 0 rings (SSSR count). The molecule has 0 unspecified atom stereocenters. The van der Waals surface area contributed by atoms with Crippen molar-refractivity contribution in [1.82, 2.24) is 0 Å². The van der Waals surface area contributed by atoms with Crippen molar-refractivity contribution in [1.29, 1.82) is 0 Å². The van der Waals surface area contributed by atoms with Crippen LogP contribution in [-0.2, 0) is 0 Å². The summed E-state index contributed by atoms with van der Waals surface area (Å²) in [7, 11) is 0. The summed E-state index contributed by atoms with van der Waals surface area (Å²) in [4.78, 5) is 0. The molecule has 0 saturated carbocycles. The molecule has 0 nitrogen and oxygen atoms in total. The van der Waals surface area contributed by atoms with Crippen LogP contribution in [0.4, 0.5) is 0 Å². The van der Waals surface area contributed by atoms with E-state index in [9.17, 15) is 0 Å². The highest BCUT2D eigenvalue weighted by molar-refractivity contribution is 4.91. The zero-order valence-electron chi connectivity index (χ0n) is 8.84. The first-order chi connectivity index (χ1) is 6.41. The summed E-state index contributed by atoms with van der Waals surface area (Å²) in [5, 5.41) is 0. The molecule has 0 amide bonds. The summed E-state index contributed by atoms with van der Waals surface area (Å²) in [6, 6.07) is 0. The number of hydrogen-bond donors (Lipinski definition) is 0. The molecule has 0 aliphatic carbocycles. The second-order valence-electron chi connectivity index (χ2n) is 3.19. The zero-order valence-corrected chi connectivity index (χ0v) is 8.84. The topological polar surface area (TPSA) is 0 Å². The van der Waals surface area contributed by atoms with Gasteiger partial charge in [-0.1, -0.05) is 50.1 Å². The Bertz CT molecular complexity index is 151. The lowest BCUT2D eigenvalue weighted by molar-refractivity contribution is 0.811. The van der Waals surface area contributed by atoms with Crippen molar-refractivity contribution in [3.8, 4) is 0 Å².